The summed E-state index contributed by atoms with van der Waals surface area (Å²) in [5.74, 6) is -2.18. The van der Waals surface area contributed by atoms with Crippen LogP contribution in [0.4, 0.5) is 0 Å². The van der Waals surface area contributed by atoms with Crippen molar-refractivity contribution in [3.8, 4) is 0 Å². The molecular weight excluding hydrogens is 216 g/mol. The minimum absolute atomic E-state index is 0. The molecule has 1 unspecified atom stereocenters. The normalized spacial score (nSPS) is 11.6. The summed E-state index contributed by atoms with van der Waals surface area (Å²) in [6, 6.07) is 0. The largest absolute Gasteiger partial charge is 0.475 e. The molecule has 0 amide bonds. The highest BCUT2D eigenvalue weighted by Crippen LogP contribution is 2.15. The minimum Gasteiger partial charge on any atom is -0.475 e. The molecular formula is C11H21ClO3. The molecule has 0 saturated carbocycles. The fourth-order valence-corrected chi connectivity index (χ4v) is 1.51. The number of Topliss-reactive ketones (excluding diaryl/α,β-unsaturated/α-hetero) is 1. The lowest BCUT2D eigenvalue weighted by atomic mass is 9.94. The van der Waals surface area contributed by atoms with Crippen LogP contribution in [0, 0.1) is 5.92 Å². The molecule has 0 spiro atoms. The van der Waals surface area contributed by atoms with E-state index in [2.05, 4.69) is 6.92 Å². The predicted octanol–water partition coefficient (Wildman–Crippen LogP) is 3.06. The monoisotopic (exact) mass is 236 g/mol. The van der Waals surface area contributed by atoms with Crippen molar-refractivity contribution in [1.29, 1.82) is 0 Å². The third-order valence-corrected chi connectivity index (χ3v) is 2.48. The van der Waals surface area contributed by atoms with E-state index in [4.69, 9.17) is 5.11 Å². The van der Waals surface area contributed by atoms with Gasteiger partial charge in [0.15, 0.2) is 0 Å². The fourth-order valence-electron chi connectivity index (χ4n) is 1.51. The third-order valence-electron chi connectivity index (χ3n) is 2.48. The molecule has 3 nitrogen and oxygen atoms in total. The smallest absolute Gasteiger partial charge is 0.372 e. The van der Waals surface area contributed by atoms with Crippen molar-refractivity contribution in [3.63, 3.8) is 0 Å². The fraction of sp³-hybridized carbons (Fsp3) is 0.818. The average molecular weight is 237 g/mol. The Morgan fingerprint density at radius 2 is 1.73 bits per heavy atom. The second kappa shape index (κ2) is 9.97. The van der Waals surface area contributed by atoms with Crippen molar-refractivity contribution in [2.75, 3.05) is 0 Å². The molecule has 0 aliphatic heterocycles. The lowest BCUT2D eigenvalue weighted by Crippen LogP contribution is -2.22. The first-order valence-electron chi connectivity index (χ1n) is 5.40. The van der Waals surface area contributed by atoms with Gasteiger partial charge in [-0.2, -0.15) is 0 Å². The lowest BCUT2D eigenvalue weighted by molar-refractivity contribution is -0.151. The van der Waals surface area contributed by atoms with E-state index in [1.54, 1.807) is 0 Å². The molecule has 90 valence electrons. The molecule has 15 heavy (non-hydrogen) atoms. The van der Waals surface area contributed by atoms with Crippen molar-refractivity contribution in [3.05, 3.63) is 0 Å². The van der Waals surface area contributed by atoms with E-state index in [9.17, 15) is 9.59 Å². The molecule has 0 aliphatic rings. The number of carbonyl (C=O) groups is 2. The number of carboxylic acids is 1. The van der Waals surface area contributed by atoms with E-state index in [-0.39, 0.29) is 18.3 Å². The number of aliphatic carboxylic acids is 1. The van der Waals surface area contributed by atoms with Crippen LogP contribution in [0.1, 0.15) is 52.4 Å². The van der Waals surface area contributed by atoms with Gasteiger partial charge in [0.25, 0.3) is 0 Å². The molecule has 0 heterocycles. The van der Waals surface area contributed by atoms with Crippen LogP contribution in [0.15, 0.2) is 0 Å². The van der Waals surface area contributed by atoms with E-state index < -0.39 is 11.8 Å². The minimum atomic E-state index is -1.28. The number of hydrogen-bond donors (Lipinski definition) is 1. The Hall–Kier alpha value is -0.570. The van der Waals surface area contributed by atoms with Crippen molar-refractivity contribution in [2.24, 2.45) is 5.92 Å². The highest BCUT2D eigenvalue weighted by molar-refractivity contribution is 6.33. The summed E-state index contributed by atoms with van der Waals surface area (Å²) in [6.07, 6.45) is 5.74. The van der Waals surface area contributed by atoms with Gasteiger partial charge < -0.3 is 5.11 Å². The van der Waals surface area contributed by atoms with Gasteiger partial charge in [-0.25, -0.2) is 4.79 Å². The molecule has 1 atom stereocenters. The van der Waals surface area contributed by atoms with Crippen molar-refractivity contribution < 1.29 is 14.7 Å². The molecule has 0 aromatic carbocycles. The van der Waals surface area contributed by atoms with Crippen LogP contribution in [-0.4, -0.2) is 16.9 Å². The molecule has 0 aromatic heterocycles. The van der Waals surface area contributed by atoms with Gasteiger partial charge in [0.2, 0.25) is 5.78 Å². The van der Waals surface area contributed by atoms with E-state index in [1.165, 1.54) is 0 Å². The van der Waals surface area contributed by atoms with Crippen LogP contribution in [0.3, 0.4) is 0 Å². The van der Waals surface area contributed by atoms with E-state index in [1.807, 2.05) is 6.92 Å². The summed E-state index contributed by atoms with van der Waals surface area (Å²) in [5.41, 5.74) is 0. The number of unbranched alkanes of at least 4 members (excludes halogenated alkanes) is 3. The zero-order valence-electron chi connectivity index (χ0n) is 9.49. The lowest BCUT2D eigenvalue weighted by Gasteiger charge is -2.09. The van der Waals surface area contributed by atoms with Crippen LogP contribution in [0.2, 0.25) is 0 Å². The molecule has 0 radical (unpaired) electrons. The van der Waals surface area contributed by atoms with Crippen LogP contribution in [0.25, 0.3) is 0 Å². The SMILES string of the molecule is CCCCCCC(CC)C(=O)C(=O)O.Cl. The Morgan fingerprint density at radius 1 is 1.13 bits per heavy atom. The summed E-state index contributed by atoms with van der Waals surface area (Å²) < 4.78 is 0. The van der Waals surface area contributed by atoms with Gasteiger partial charge in [0.1, 0.15) is 0 Å². The highest BCUT2D eigenvalue weighted by atomic mass is 35.5. The average Bonchev–Trinajstić information content (AvgIpc) is 2.17. The van der Waals surface area contributed by atoms with Crippen LogP contribution < -0.4 is 0 Å². The molecule has 4 heteroatoms. The Bertz CT molecular complexity index is 192. The zero-order valence-corrected chi connectivity index (χ0v) is 10.3. The van der Waals surface area contributed by atoms with Crippen molar-refractivity contribution in [1.82, 2.24) is 0 Å². The predicted molar refractivity (Wildman–Crippen MR) is 62.4 cm³/mol. The summed E-state index contributed by atoms with van der Waals surface area (Å²) >= 11 is 0. The number of carbonyl (C=O) groups excluding carboxylic acids is 1. The summed E-state index contributed by atoms with van der Waals surface area (Å²) in [7, 11) is 0. The van der Waals surface area contributed by atoms with E-state index in [0.29, 0.717) is 6.42 Å². The van der Waals surface area contributed by atoms with Crippen molar-refractivity contribution >= 4 is 24.2 Å². The zero-order chi connectivity index (χ0) is 11.0. The standard InChI is InChI=1S/C11H20O3.ClH/c1-3-5-6-7-8-9(4-2)10(12)11(13)14;/h9H,3-8H2,1-2H3,(H,13,14);1H. The van der Waals surface area contributed by atoms with E-state index in [0.717, 1.165) is 32.1 Å². The van der Waals surface area contributed by atoms with Crippen LogP contribution >= 0.6 is 12.4 Å². The quantitative estimate of drug-likeness (QED) is 0.521. The highest BCUT2D eigenvalue weighted by Gasteiger charge is 2.22. The Kier molecular flexibility index (Phi) is 11.2. The summed E-state index contributed by atoms with van der Waals surface area (Å²) in [6.45, 7) is 3.99. The maximum atomic E-state index is 11.1. The summed E-state index contributed by atoms with van der Waals surface area (Å²) in [4.78, 5) is 21.6. The van der Waals surface area contributed by atoms with Gasteiger partial charge in [-0.05, 0) is 12.8 Å². The van der Waals surface area contributed by atoms with Crippen molar-refractivity contribution in [2.45, 2.75) is 52.4 Å². The Morgan fingerprint density at radius 3 is 2.13 bits per heavy atom. The molecule has 0 aromatic rings. The Labute approximate surface area is 97.7 Å². The second-order valence-electron chi connectivity index (χ2n) is 3.62. The van der Waals surface area contributed by atoms with Gasteiger partial charge in [0, 0.05) is 5.92 Å². The first-order chi connectivity index (χ1) is 6.63. The maximum Gasteiger partial charge on any atom is 0.372 e. The number of hydrogen-bond acceptors (Lipinski definition) is 2. The van der Waals surface area contributed by atoms with E-state index >= 15 is 0 Å². The molecule has 1 N–H and O–H groups in total. The molecule has 0 bridgehead atoms. The van der Waals surface area contributed by atoms with Gasteiger partial charge in [-0.1, -0.05) is 39.5 Å². The number of rotatable bonds is 8. The van der Waals surface area contributed by atoms with Gasteiger partial charge in [-0.15, -0.1) is 12.4 Å². The Balaban J connectivity index is 0. The summed E-state index contributed by atoms with van der Waals surface area (Å²) in [5, 5.41) is 8.54. The van der Waals surface area contributed by atoms with Crippen LogP contribution in [0.5, 0.6) is 0 Å². The first kappa shape index (κ1) is 16.8. The molecule has 0 fully saturated rings. The number of ketones is 1. The molecule has 0 rings (SSSR count). The molecule has 0 saturated heterocycles. The van der Waals surface area contributed by atoms with Gasteiger partial charge >= 0.3 is 5.97 Å². The van der Waals surface area contributed by atoms with Crippen LogP contribution in [-0.2, 0) is 9.59 Å². The second-order valence-corrected chi connectivity index (χ2v) is 3.62. The van der Waals surface area contributed by atoms with Gasteiger partial charge in [-0.3, -0.25) is 4.79 Å². The third kappa shape index (κ3) is 7.37. The topological polar surface area (TPSA) is 54.4 Å². The molecule has 0 aliphatic carbocycles. The number of carboxylic acid groups (broad SMARTS) is 1. The first-order valence-corrected chi connectivity index (χ1v) is 5.40. The van der Waals surface area contributed by atoms with Gasteiger partial charge in [0.05, 0.1) is 0 Å². The maximum absolute atomic E-state index is 11.1. The number of halogens is 1.